The topological polar surface area (TPSA) is 67.9 Å². The Kier molecular flexibility index (Phi) is 8.84. The molecule has 37 heavy (non-hydrogen) atoms. The van der Waals surface area contributed by atoms with Crippen LogP contribution in [0.25, 0.3) is 6.08 Å². The molecule has 0 amide bonds. The number of thiophene rings is 1. The predicted molar refractivity (Wildman–Crippen MR) is 152 cm³/mol. The maximum absolute atomic E-state index is 13.3. The van der Waals surface area contributed by atoms with E-state index in [2.05, 4.69) is 36.2 Å². The van der Waals surface area contributed by atoms with Gasteiger partial charge in [-0.15, -0.1) is 11.3 Å². The molecule has 4 rings (SSSR count). The number of ether oxygens (including phenoxy) is 2. The molecule has 0 bridgehead atoms. The second kappa shape index (κ2) is 12.1. The molecule has 1 N–H and O–H groups in total. The highest BCUT2D eigenvalue weighted by Gasteiger charge is 2.29. The molecule has 8 heteroatoms. The van der Waals surface area contributed by atoms with Crippen molar-refractivity contribution in [3.63, 3.8) is 0 Å². The van der Waals surface area contributed by atoms with E-state index < -0.39 is 10.8 Å². The van der Waals surface area contributed by atoms with E-state index in [1.54, 1.807) is 32.3 Å². The van der Waals surface area contributed by atoms with Crippen molar-refractivity contribution in [1.29, 1.82) is 0 Å². The second-order valence-electron chi connectivity index (χ2n) is 8.96. The first-order valence-electron chi connectivity index (χ1n) is 12.5. The van der Waals surface area contributed by atoms with Gasteiger partial charge in [0.2, 0.25) is 0 Å². The SMILES string of the molecule is CCOC(=O)/C(C)=C\c1cc(OC)c(CNCCCN2c3ccccc3S(=O)c3ccc(C)c(C)c32)s1. The Balaban J connectivity index is 1.42. The largest absolute Gasteiger partial charge is 0.496 e. The number of fused-ring (bicyclic) bond motifs is 2. The Morgan fingerprint density at radius 2 is 1.95 bits per heavy atom. The van der Waals surface area contributed by atoms with Crippen LogP contribution >= 0.6 is 11.3 Å². The van der Waals surface area contributed by atoms with E-state index in [0.29, 0.717) is 18.7 Å². The Hall–Kier alpha value is -2.94. The summed E-state index contributed by atoms with van der Waals surface area (Å²) in [5, 5.41) is 3.54. The van der Waals surface area contributed by atoms with Gasteiger partial charge in [0.25, 0.3) is 0 Å². The van der Waals surface area contributed by atoms with E-state index in [0.717, 1.165) is 56.2 Å². The van der Waals surface area contributed by atoms with Gasteiger partial charge in [0.05, 0.1) is 50.6 Å². The van der Waals surface area contributed by atoms with E-state index in [4.69, 9.17) is 9.47 Å². The summed E-state index contributed by atoms with van der Waals surface area (Å²) in [5.74, 6) is 0.512. The van der Waals surface area contributed by atoms with Gasteiger partial charge in [-0.05, 0) is 82.1 Å². The van der Waals surface area contributed by atoms with Crippen LogP contribution in [0.5, 0.6) is 5.75 Å². The first kappa shape index (κ1) is 27.1. The smallest absolute Gasteiger partial charge is 0.333 e. The molecule has 1 unspecified atom stereocenters. The molecule has 2 heterocycles. The number of rotatable bonds is 10. The van der Waals surface area contributed by atoms with Crippen molar-refractivity contribution < 1.29 is 18.5 Å². The summed E-state index contributed by atoms with van der Waals surface area (Å²) in [6.07, 6.45) is 2.75. The number of esters is 1. The summed E-state index contributed by atoms with van der Waals surface area (Å²) in [7, 11) is 0.486. The van der Waals surface area contributed by atoms with Crippen molar-refractivity contribution in [2.45, 2.75) is 50.5 Å². The number of carbonyl (C=O) groups is 1. The number of anilines is 2. The lowest BCUT2D eigenvalue weighted by molar-refractivity contribution is -0.138. The molecule has 1 aromatic heterocycles. The Bertz CT molecular complexity index is 1350. The van der Waals surface area contributed by atoms with Crippen LogP contribution in [0, 0.1) is 13.8 Å². The monoisotopic (exact) mass is 538 g/mol. The van der Waals surface area contributed by atoms with E-state index in [9.17, 15) is 9.00 Å². The van der Waals surface area contributed by atoms with Gasteiger partial charge in [0.1, 0.15) is 5.75 Å². The van der Waals surface area contributed by atoms with Crippen LogP contribution in [0.4, 0.5) is 11.4 Å². The Morgan fingerprint density at radius 3 is 2.70 bits per heavy atom. The van der Waals surface area contributed by atoms with Gasteiger partial charge in [-0.1, -0.05) is 18.2 Å². The van der Waals surface area contributed by atoms with Crippen molar-refractivity contribution in [2.24, 2.45) is 0 Å². The summed E-state index contributed by atoms with van der Waals surface area (Å²) in [6.45, 7) is 10.4. The van der Waals surface area contributed by atoms with Crippen LogP contribution in [0.2, 0.25) is 0 Å². The lowest BCUT2D eigenvalue weighted by atomic mass is 10.1. The van der Waals surface area contributed by atoms with Gasteiger partial charge in [0, 0.05) is 23.5 Å². The zero-order valence-electron chi connectivity index (χ0n) is 22.1. The maximum atomic E-state index is 13.3. The second-order valence-corrected chi connectivity index (χ2v) is 11.5. The normalized spacial score (nSPS) is 14.8. The molecule has 196 valence electrons. The number of nitrogens with zero attached hydrogens (tertiary/aromatic N) is 1. The molecule has 1 aliphatic heterocycles. The summed E-state index contributed by atoms with van der Waals surface area (Å²) >= 11 is 1.60. The number of carbonyl (C=O) groups excluding carboxylic acids is 1. The molecule has 6 nitrogen and oxygen atoms in total. The lowest BCUT2D eigenvalue weighted by Gasteiger charge is -2.34. The zero-order chi connectivity index (χ0) is 26.5. The number of hydrogen-bond donors (Lipinski definition) is 1. The van der Waals surface area contributed by atoms with Gasteiger partial charge in [-0.2, -0.15) is 0 Å². The number of nitrogens with one attached hydrogen (secondary N) is 1. The van der Waals surface area contributed by atoms with Crippen LogP contribution < -0.4 is 15.0 Å². The number of aryl methyl sites for hydroxylation is 1. The average molecular weight is 539 g/mol. The highest BCUT2D eigenvalue weighted by molar-refractivity contribution is 7.85. The first-order chi connectivity index (χ1) is 17.8. The fraction of sp³-hybridized carbons (Fsp3) is 0.345. The van der Waals surface area contributed by atoms with E-state index >= 15 is 0 Å². The molecule has 3 aromatic rings. The zero-order valence-corrected chi connectivity index (χ0v) is 23.7. The van der Waals surface area contributed by atoms with Crippen molar-refractivity contribution >= 4 is 45.6 Å². The van der Waals surface area contributed by atoms with E-state index in [1.165, 1.54) is 11.1 Å². The first-order valence-corrected chi connectivity index (χ1v) is 14.4. The van der Waals surface area contributed by atoms with Crippen LogP contribution in [0.15, 0.2) is 57.8 Å². The van der Waals surface area contributed by atoms with Gasteiger partial charge >= 0.3 is 5.97 Å². The van der Waals surface area contributed by atoms with Crippen molar-refractivity contribution in [1.82, 2.24) is 5.32 Å². The quantitative estimate of drug-likeness (QED) is 0.190. The van der Waals surface area contributed by atoms with E-state index in [1.807, 2.05) is 36.4 Å². The van der Waals surface area contributed by atoms with Crippen molar-refractivity contribution in [3.05, 3.63) is 68.9 Å². The highest BCUT2D eigenvalue weighted by Crippen LogP contribution is 2.44. The van der Waals surface area contributed by atoms with Gasteiger partial charge < -0.3 is 19.7 Å². The van der Waals surface area contributed by atoms with Crippen molar-refractivity contribution in [3.8, 4) is 5.75 Å². The predicted octanol–water partition coefficient (Wildman–Crippen LogP) is 6.14. The molecule has 0 saturated carbocycles. The van der Waals surface area contributed by atoms with Crippen LogP contribution in [-0.4, -0.2) is 37.0 Å². The summed E-state index contributed by atoms with van der Waals surface area (Å²) in [5.41, 5.74) is 5.04. The molecule has 1 aliphatic rings. The molecular weight excluding hydrogens is 504 g/mol. The molecule has 0 aliphatic carbocycles. The fourth-order valence-corrected chi connectivity index (χ4v) is 6.99. The van der Waals surface area contributed by atoms with Crippen LogP contribution in [0.3, 0.4) is 0 Å². The third-order valence-electron chi connectivity index (χ3n) is 6.48. The van der Waals surface area contributed by atoms with Gasteiger partial charge in [-0.3, -0.25) is 0 Å². The summed E-state index contributed by atoms with van der Waals surface area (Å²) in [6, 6.07) is 14.0. The molecular formula is C29H34N2O4S2. The minimum Gasteiger partial charge on any atom is -0.496 e. The maximum Gasteiger partial charge on any atom is 0.333 e. The molecule has 0 radical (unpaired) electrons. The fourth-order valence-electron chi connectivity index (χ4n) is 4.45. The Labute approximate surface area is 225 Å². The minimum atomic E-state index is -1.18. The van der Waals surface area contributed by atoms with Gasteiger partial charge in [-0.25, -0.2) is 9.00 Å². The third kappa shape index (κ3) is 5.81. The minimum absolute atomic E-state index is 0.301. The molecule has 0 saturated heterocycles. The summed E-state index contributed by atoms with van der Waals surface area (Å²) < 4.78 is 23.9. The Morgan fingerprint density at radius 1 is 1.16 bits per heavy atom. The van der Waals surface area contributed by atoms with Crippen molar-refractivity contribution in [2.75, 3.05) is 31.7 Å². The van der Waals surface area contributed by atoms with E-state index in [-0.39, 0.29) is 5.97 Å². The summed E-state index contributed by atoms with van der Waals surface area (Å²) in [4.78, 5) is 18.1. The number of para-hydroxylation sites is 1. The highest BCUT2D eigenvalue weighted by atomic mass is 32.2. The van der Waals surface area contributed by atoms with Crippen LogP contribution in [0.1, 0.15) is 41.1 Å². The molecule has 1 atom stereocenters. The number of hydrogen-bond acceptors (Lipinski definition) is 7. The third-order valence-corrected chi connectivity index (χ3v) is 9.01. The lowest BCUT2D eigenvalue weighted by Crippen LogP contribution is -2.28. The molecule has 0 fully saturated rings. The number of methoxy groups -OCH3 is 1. The molecule has 0 spiro atoms. The number of benzene rings is 2. The van der Waals surface area contributed by atoms with Gasteiger partial charge in [0.15, 0.2) is 0 Å². The van der Waals surface area contributed by atoms with Crippen LogP contribution in [-0.2, 0) is 26.9 Å². The average Bonchev–Trinajstić information content (AvgIpc) is 3.29. The molecule has 2 aromatic carbocycles. The standard InChI is InChI=1S/C29H34N2O4S2/c1-6-35-29(32)20(3)16-22-17-24(34-5)25(36-22)18-30-14-9-15-31-23-10-7-8-11-26(23)37(33)27-13-12-19(2)21(4)28(27)31/h7-8,10-13,16-17,30H,6,9,14-15,18H2,1-5H3/b20-16-.